The van der Waals surface area contributed by atoms with Gasteiger partial charge < -0.3 is 10.0 Å². The van der Waals surface area contributed by atoms with Gasteiger partial charge in [-0.1, -0.05) is 0 Å². The molecule has 1 fully saturated rings. The van der Waals surface area contributed by atoms with Gasteiger partial charge in [0, 0.05) is 12.2 Å². The van der Waals surface area contributed by atoms with Crippen molar-refractivity contribution in [3.05, 3.63) is 23.3 Å². The number of carboxylic acids is 1. The van der Waals surface area contributed by atoms with Crippen LogP contribution in [0.2, 0.25) is 0 Å². The summed E-state index contributed by atoms with van der Waals surface area (Å²) in [6, 6.07) is -0.806. The number of hydrogen-bond donors (Lipinski definition) is 1. The summed E-state index contributed by atoms with van der Waals surface area (Å²) >= 11 is 0. The molecule has 0 aromatic carbocycles. The normalized spacial score (nSPS) is 15.9. The second-order valence-corrected chi connectivity index (χ2v) is 4.87. The Morgan fingerprint density at radius 1 is 1.42 bits per heavy atom. The molecule has 102 valence electrons. The van der Waals surface area contributed by atoms with Crippen LogP contribution in [0.3, 0.4) is 0 Å². The molecular formula is C13H17N3O3. The molecule has 1 N–H and O–H groups in total. The van der Waals surface area contributed by atoms with E-state index in [1.54, 1.807) is 13.8 Å². The Kier molecular flexibility index (Phi) is 3.50. The van der Waals surface area contributed by atoms with Gasteiger partial charge in [0.2, 0.25) is 0 Å². The number of rotatable bonds is 4. The molecule has 1 aromatic rings. The maximum absolute atomic E-state index is 12.5. The van der Waals surface area contributed by atoms with Crippen LogP contribution in [-0.4, -0.2) is 43.9 Å². The van der Waals surface area contributed by atoms with E-state index >= 15 is 0 Å². The predicted molar refractivity (Wildman–Crippen MR) is 67.8 cm³/mol. The number of aliphatic carboxylic acids is 1. The van der Waals surface area contributed by atoms with Gasteiger partial charge in [0.25, 0.3) is 5.91 Å². The van der Waals surface area contributed by atoms with Gasteiger partial charge in [-0.2, -0.15) is 0 Å². The van der Waals surface area contributed by atoms with Crippen LogP contribution in [0, 0.1) is 13.8 Å². The van der Waals surface area contributed by atoms with Crippen molar-refractivity contribution < 1.29 is 14.7 Å². The van der Waals surface area contributed by atoms with E-state index in [4.69, 9.17) is 5.11 Å². The van der Waals surface area contributed by atoms with Crippen molar-refractivity contribution in [1.82, 2.24) is 14.9 Å². The number of hydrogen-bond acceptors (Lipinski definition) is 4. The van der Waals surface area contributed by atoms with Crippen LogP contribution in [0.15, 0.2) is 6.20 Å². The summed E-state index contributed by atoms with van der Waals surface area (Å²) in [5.41, 5.74) is 0.964. The lowest BCUT2D eigenvalue weighted by molar-refractivity contribution is -0.141. The minimum absolute atomic E-state index is 0.0271. The van der Waals surface area contributed by atoms with Gasteiger partial charge in [-0.15, -0.1) is 0 Å². The predicted octanol–water partition coefficient (Wildman–Crippen LogP) is 1.17. The smallest absolute Gasteiger partial charge is 0.326 e. The summed E-state index contributed by atoms with van der Waals surface area (Å²) < 4.78 is 0. The Morgan fingerprint density at radius 2 is 2.05 bits per heavy atom. The Labute approximate surface area is 111 Å². The molecule has 2 rings (SSSR count). The summed E-state index contributed by atoms with van der Waals surface area (Å²) in [7, 11) is 0. The molecular weight excluding hydrogens is 246 g/mol. The molecule has 1 aliphatic rings. The lowest BCUT2D eigenvalue weighted by atomic mass is 10.1. The molecule has 1 aliphatic carbocycles. The second kappa shape index (κ2) is 4.95. The van der Waals surface area contributed by atoms with Gasteiger partial charge >= 0.3 is 5.97 Å². The highest BCUT2D eigenvalue weighted by molar-refractivity contribution is 5.97. The van der Waals surface area contributed by atoms with E-state index in [1.807, 2.05) is 0 Å². The Hall–Kier alpha value is -1.98. The Balaban J connectivity index is 2.31. The largest absolute Gasteiger partial charge is 0.480 e. The molecule has 6 nitrogen and oxygen atoms in total. The summed E-state index contributed by atoms with van der Waals surface area (Å²) in [6.45, 7) is 5.02. The average molecular weight is 263 g/mol. The third-order valence-electron chi connectivity index (χ3n) is 3.28. The van der Waals surface area contributed by atoms with Crippen molar-refractivity contribution in [2.24, 2.45) is 0 Å². The number of amides is 1. The van der Waals surface area contributed by atoms with E-state index < -0.39 is 12.0 Å². The fourth-order valence-corrected chi connectivity index (χ4v) is 2.06. The SMILES string of the molecule is Cc1ncc(C(=O)N(C2CC2)C(C)C(=O)O)c(C)n1. The summed E-state index contributed by atoms with van der Waals surface area (Å²) in [4.78, 5) is 33.2. The number of aryl methyl sites for hydroxylation is 2. The molecule has 1 atom stereocenters. The van der Waals surface area contributed by atoms with Crippen molar-refractivity contribution >= 4 is 11.9 Å². The van der Waals surface area contributed by atoms with Gasteiger partial charge in [-0.3, -0.25) is 4.79 Å². The summed E-state index contributed by atoms with van der Waals surface area (Å²) in [6.07, 6.45) is 3.19. The maximum atomic E-state index is 12.5. The minimum atomic E-state index is -0.995. The first kappa shape index (κ1) is 13.5. The Bertz CT molecular complexity index is 526. The monoisotopic (exact) mass is 263 g/mol. The van der Waals surface area contributed by atoms with Gasteiger partial charge in [0.1, 0.15) is 11.9 Å². The van der Waals surface area contributed by atoms with Crippen LogP contribution < -0.4 is 0 Å². The fraction of sp³-hybridized carbons (Fsp3) is 0.538. The molecule has 1 aromatic heterocycles. The lowest BCUT2D eigenvalue weighted by Crippen LogP contribution is -2.45. The number of nitrogens with zero attached hydrogens (tertiary/aromatic N) is 3. The second-order valence-electron chi connectivity index (χ2n) is 4.87. The molecule has 1 unspecified atom stereocenters. The van der Waals surface area contributed by atoms with Crippen LogP contribution in [0.5, 0.6) is 0 Å². The van der Waals surface area contributed by atoms with Crippen LogP contribution in [-0.2, 0) is 4.79 Å². The van der Waals surface area contributed by atoms with Gasteiger partial charge in [0.05, 0.1) is 11.3 Å². The highest BCUT2D eigenvalue weighted by atomic mass is 16.4. The van der Waals surface area contributed by atoms with Gasteiger partial charge in [-0.05, 0) is 33.6 Å². The van der Waals surface area contributed by atoms with Crippen molar-refractivity contribution in [3.63, 3.8) is 0 Å². The molecule has 0 aliphatic heterocycles. The van der Waals surface area contributed by atoms with Crippen molar-refractivity contribution in [2.75, 3.05) is 0 Å². The molecule has 0 saturated heterocycles. The van der Waals surface area contributed by atoms with Crippen molar-refractivity contribution in [2.45, 2.75) is 45.7 Å². The van der Waals surface area contributed by atoms with Gasteiger partial charge in [0.15, 0.2) is 0 Å². The molecule has 0 spiro atoms. The van der Waals surface area contributed by atoms with E-state index in [1.165, 1.54) is 18.0 Å². The number of carboxylic acid groups (broad SMARTS) is 1. The first-order valence-electron chi connectivity index (χ1n) is 6.27. The third-order valence-corrected chi connectivity index (χ3v) is 3.28. The van der Waals surface area contributed by atoms with Crippen LogP contribution in [0.25, 0.3) is 0 Å². The van der Waals surface area contributed by atoms with Crippen molar-refractivity contribution in [1.29, 1.82) is 0 Å². The standard InChI is InChI=1S/C13H17N3O3/c1-7-11(6-14-9(3)15-7)12(17)16(10-4-5-10)8(2)13(18)19/h6,8,10H,4-5H2,1-3H3,(H,18,19). The molecule has 0 radical (unpaired) electrons. The number of carbonyl (C=O) groups excluding carboxylic acids is 1. The zero-order chi connectivity index (χ0) is 14.2. The van der Waals surface area contributed by atoms with E-state index in [-0.39, 0.29) is 11.9 Å². The first-order chi connectivity index (χ1) is 8.91. The highest BCUT2D eigenvalue weighted by Crippen LogP contribution is 2.30. The fourth-order valence-electron chi connectivity index (χ4n) is 2.06. The highest BCUT2D eigenvalue weighted by Gasteiger charge is 2.39. The minimum Gasteiger partial charge on any atom is -0.480 e. The van der Waals surface area contributed by atoms with E-state index in [0.29, 0.717) is 17.1 Å². The van der Waals surface area contributed by atoms with E-state index in [0.717, 1.165) is 12.8 Å². The molecule has 1 heterocycles. The quantitative estimate of drug-likeness (QED) is 0.881. The molecule has 1 saturated carbocycles. The summed E-state index contributed by atoms with van der Waals surface area (Å²) in [5.74, 6) is -0.695. The molecule has 1 amide bonds. The van der Waals surface area contributed by atoms with Crippen LogP contribution in [0.4, 0.5) is 0 Å². The number of aromatic nitrogens is 2. The molecule has 6 heteroatoms. The Morgan fingerprint density at radius 3 is 2.53 bits per heavy atom. The average Bonchev–Trinajstić information content (AvgIpc) is 3.13. The maximum Gasteiger partial charge on any atom is 0.326 e. The zero-order valence-electron chi connectivity index (χ0n) is 11.3. The number of carbonyl (C=O) groups is 2. The zero-order valence-corrected chi connectivity index (χ0v) is 11.3. The summed E-state index contributed by atoms with van der Waals surface area (Å²) in [5, 5.41) is 9.11. The van der Waals surface area contributed by atoms with Crippen molar-refractivity contribution in [3.8, 4) is 0 Å². The third kappa shape index (κ3) is 2.72. The topological polar surface area (TPSA) is 83.4 Å². The first-order valence-corrected chi connectivity index (χ1v) is 6.27. The van der Waals surface area contributed by atoms with Crippen LogP contribution >= 0.6 is 0 Å². The van der Waals surface area contributed by atoms with E-state index in [9.17, 15) is 9.59 Å². The molecule has 0 bridgehead atoms. The van der Waals surface area contributed by atoms with Crippen LogP contribution in [0.1, 0.15) is 41.6 Å². The van der Waals surface area contributed by atoms with E-state index in [2.05, 4.69) is 9.97 Å². The lowest BCUT2D eigenvalue weighted by Gasteiger charge is -2.26. The molecule has 19 heavy (non-hydrogen) atoms. The van der Waals surface area contributed by atoms with Gasteiger partial charge in [-0.25, -0.2) is 14.8 Å².